The van der Waals surface area contributed by atoms with Gasteiger partial charge in [0.25, 0.3) is 0 Å². The minimum Gasteiger partial charge on any atom is -0.493 e. The molecule has 3 nitrogen and oxygen atoms in total. The number of hydrogen-bond acceptors (Lipinski definition) is 3. The predicted octanol–water partition coefficient (Wildman–Crippen LogP) is 3.93. The average molecular weight is 289 g/mol. The van der Waals surface area contributed by atoms with Crippen molar-refractivity contribution in [1.82, 2.24) is 5.32 Å². The second kappa shape index (κ2) is 6.27. The average Bonchev–Trinajstić information content (AvgIpc) is 3.14. The van der Waals surface area contributed by atoms with E-state index in [2.05, 4.69) is 24.4 Å². The van der Waals surface area contributed by atoms with Gasteiger partial charge < -0.3 is 14.8 Å². The molecule has 2 aliphatic carbocycles. The van der Waals surface area contributed by atoms with Crippen LogP contribution < -0.4 is 14.8 Å². The molecule has 3 rings (SSSR count). The van der Waals surface area contributed by atoms with Crippen LogP contribution in [0.4, 0.5) is 0 Å². The van der Waals surface area contributed by atoms with Gasteiger partial charge in [0, 0.05) is 12.1 Å². The van der Waals surface area contributed by atoms with Crippen molar-refractivity contribution in [2.45, 2.75) is 51.1 Å². The van der Waals surface area contributed by atoms with Crippen molar-refractivity contribution >= 4 is 0 Å². The second-order valence-corrected chi connectivity index (χ2v) is 6.52. The van der Waals surface area contributed by atoms with E-state index in [1.807, 2.05) is 6.07 Å². The fraction of sp³-hybridized carbons (Fsp3) is 0.667. The van der Waals surface area contributed by atoms with E-state index in [4.69, 9.17) is 9.47 Å². The topological polar surface area (TPSA) is 30.5 Å². The summed E-state index contributed by atoms with van der Waals surface area (Å²) in [5.41, 5.74) is 1.30. The summed E-state index contributed by atoms with van der Waals surface area (Å²) in [6, 6.07) is 7.42. The Morgan fingerprint density at radius 1 is 1.14 bits per heavy atom. The molecule has 116 valence electrons. The third kappa shape index (κ3) is 2.89. The van der Waals surface area contributed by atoms with Crippen molar-refractivity contribution in [1.29, 1.82) is 0 Å². The summed E-state index contributed by atoms with van der Waals surface area (Å²) in [5.74, 6) is 3.51. The molecule has 4 unspecified atom stereocenters. The first-order valence-corrected chi connectivity index (χ1v) is 8.23. The van der Waals surface area contributed by atoms with Crippen LogP contribution in [0, 0.1) is 11.8 Å². The van der Waals surface area contributed by atoms with E-state index in [1.54, 1.807) is 14.2 Å². The molecule has 1 aromatic rings. The van der Waals surface area contributed by atoms with E-state index >= 15 is 0 Å². The van der Waals surface area contributed by atoms with Gasteiger partial charge >= 0.3 is 0 Å². The van der Waals surface area contributed by atoms with Crippen LogP contribution in [0.5, 0.6) is 11.5 Å². The van der Waals surface area contributed by atoms with E-state index < -0.39 is 0 Å². The van der Waals surface area contributed by atoms with Crippen LogP contribution in [-0.2, 0) is 0 Å². The van der Waals surface area contributed by atoms with E-state index in [-0.39, 0.29) is 0 Å². The Morgan fingerprint density at radius 3 is 2.52 bits per heavy atom. The van der Waals surface area contributed by atoms with Crippen LogP contribution in [0.1, 0.15) is 50.6 Å². The molecule has 21 heavy (non-hydrogen) atoms. The van der Waals surface area contributed by atoms with Crippen LogP contribution in [0.3, 0.4) is 0 Å². The molecule has 0 radical (unpaired) electrons. The minimum atomic E-state index is 0.411. The Labute approximate surface area is 128 Å². The first kappa shape index (κ1) is 14.7. The van der Waals surface area contributed by atoms with Crippen LogP contribution in [0.25, 0.3) is 0 Å². The number of methoxy groups -OCH3 is 2. The van der Waals surface area contributed by atoms with Gasteiger partial charge in [0.2, 0.25) is 0 Å². The van der Waals surface area contributed by atoms with Crippen molar-refractivity contribution in [3.8, 4) is 11.5 Å². The molecule has 0 amide bonds. The fourth-order valence-corrected chi connectivity index (χ4v) is 4.23. The smallest absolute Gasteiger partial charge is 0.161 e. The number of rotatable bonds is 6. The summed E-state index contributed by atoms with van der Waals surface area (Å²) in [4.78, 5) is 0. The molecular formula is C18H27NO2. The Bertz CT molecular complexity index is 488. The van der Waals surface area contributed by atoms with Crippen LogP contribution in [0.15, 0.2) is 18.2 Å². The molecule has 2 aliphatic rings. The third-order valence-electron chi connectivity index (χ3n) is 5.37. The quantitative estimate of drug-likeness (QED) is 0.860. The molecule has 0 aliphatic heterocycles. The van der Waals surface area contributed by atoms with Gasteiger partial charge in [0.05, 0.1) is 14.2 Å². The zero-order chi connectivity index (χ0) is 14.8. The molecule has 1 N–H and O–H groups in total. The summed E-state index contributed by atoms with van der Waals surface area (Å²) in [5, 5.41) is 3.91. The molecule has 2 fully saturated rings. The first-order valence-electron chi connectivity index (χ1n) is 8.23. The summed E-state index contributed by atoms with van der Waals surface area (Å²) in [7, 11) is 3.38. The highest BCUT2D eigenvalue weighted by molar-refractivity contribution is 5.43. The van der Waals surface area contributed by atoms with E-state index in [9.17, 15) is 0 Å². The van der Waals surface area contributed by atoms with E-state index in [0.29, 0.717) is 12.1 Å². The lowest BCUT2D eigenvalue weighted by atomic mass is 9.93. The molecule has 1 aromatic carbocycles. The molecule has 0 saturated heterocycles. The Kier molecular flexibility index (Phi) is 4.39. The van der Waals surface area contributed by atoms with E-state index in [0.717, 1.165) is 29.8 Å². The first-order chi connectivity index (χ1) is 10.2. The van der Waals surface area contributed by atoms with Gasteiger partial charge in [-0.15, -0.1) is 0 Å². The lowest BCUT2D eigenvalue weighted by molar-refractivity contribution is 0.314. The van der Waals surface area contributed by atoms with Crippen molar-refractivity contribution in [2.75, 3.05) is 14.2 Å². The van der Waals surface area contributed by atoms with Crippen molar-refractivity contribution in [2.24, 2.45) is 11.8 Å². The molecule has 3 heteroatoms. The SMILES string of the molecule is CCC(NC1CC2CCC1C2)c1ccc(OC)c(OC)c1. The van der Waals surface area contributed by atoms with Gasteiger partial charge in [0.1, 0.15) is 0 Å². The fourth-order valence-electron chi connectivity index (χ4n) is 4.23. The molecule has 0 heterocycles. The minimum absolute atomic E-state index is 0.411. The molecule has 2 bridgehead atoms. The van der Waals surface area contributed by atoms with Crippen LogP contribution in [0.2, 0.25) is 0 Å². The van der Waals surface area contributed by atoms with Crippen molar-refractivity contribution in [3.63, 3.8) is 0 Å². The molecule has 4 atom stereocenters. The number of fused-ring (bicyclic) bond motifs is 2. The van der Waals surface area contributed by atoms with Crippen molar-refractivity contribution in [3.05, 3.63) is 23.8 Å². The lowest BCUT2D eigenvalue weighted by Gasteiger charge is -2.28. The Balaban J connectivity index is 1.73. The van der Waals surface area contributed by atoms with Gasteiger partial charge in [0.15, 0.2) is 11.5 Å². The van der Waals surface area contributed by atoms with Crippen LogP contribution in [-0.4, -0.2) is 20.3 Å². The van der Waals surface area contributed by atoms with Gasteiger partial charge in [-0.3, -0.25) is 0 Å². The third-order valence-corrected chi connectivity index (χ3v) is 5.37. The highest BCUT2D eigenvalue weighted by Crippen LogP contribution is 2.45. The summed E-state index contributed by atoms with van der Waals surface area (Å²) < 4.78 is 10.8. The maximum atomic E-state index is 5.44. The number of nitrogens with one attached hydrogen (secondary N) is 1. The standard InChI is InChI=1S/C18H27NO2/c1-4-15(19-16-10-12-5-6-13(16)9-12)14-7-8-17(20-2)18(11-14)21-3/h7-8,11-13,15-16,19H,4-6,9-10H2,1-3H3. The monoisotopic (exact) mass is 289 g/mol. The molecule has 2 saturated carbocycles. The maximum Gasteiger partial charge on any atom is 0.161 e. The van der Waals surface area contributed by atoms with Gasteiger partial charge in [-0.1, -0.05) is 19.4 Å². The van der Waals surface area contributed by atoms with Gasteiger partial charge in [-0.25, -0.2) is 0 Å². The van der Waals surface area contributed by atoms with Crippen molar-refractivity contribution < 1.29 is 9.47 Å². The normalized spacial score (nSPS) is 28.6. The lowest BCUT2D eigenvalue weighted by Crippen LogP contribution is -2.36. The summed E-state index contributed by atoms with van der Waals surface area (Å²) in [6.07, 6.45) is 6.79. The zero-order valence-electron chi connectivity index (χ0n) is 13.4. The molecule has 0 aromatic heterocycles. The Morgan fingerprint density at radius 2 is 1.95 bits per heavy atom. The molecule has 0 spiro atoms. The van der Waals surface area contributed by atoms with Gasteiger partial charge in [-0.2, -0.15) is 0 Å². The number of hydrogen-bond donors (Lipinski definition) is 1. The number of ether oxygens (including phenoxy) is 2. The predicted molar refractivity (Wildman–Crippen MR) is 84.9 cm³/mol. The largest absolute Gasteiger partial charge is 0.493 e. The maximum absolute atomic E-state index is 5.44. The van der Waals surface area contributed by atoms with Crippen LogP contribution >= 0.6 is 0 Å². The zero-order valence-corrected chi connectivity index (χ0v) is 13.4. The Hall–Kier alpha value is -1.22. The van der Waals surface area contributed by atoms with Gasteiger partial charge in [-0.05, 0) is 55.2 Å². The highest BCUT2D eigenvalue weighted by Gasteiger charge is 2.40. The second-order valence-electron chi connectivity index (χ2n) is 6.52. The molecular weight excluding hydrogens is 262 g/mol. The summed E-state index contributed by atoms with van der Waals surface area (Å²) in [6.45, 7) is 2.25. The number of benzene rings is 1. The summed E-state index contributed by atoms with van der Waals surface area (Å²) >= 11 is 0. The highest BCUT2D eigenvalue weighted by atomic mass is 16.5. The van der Waals surface area contributed by atoms with E-state index in [1.165, 1.54) is 31.2 Å².